The molecule has 0 radical (unpaired) electrons. The molecule has 0 saturated heterocycles. The second-order valence-electron chi connectivity index (χ2n) is 8.73. The van der Waals surface area contributed by atoms with Crippen LogP contribution in [0.2, 0.25) is 0 Å². The van der Waals surface area contributed by atoms with Crippen LogP contribution in [-0.2, 0) is 17.8 Å². The van der Waals surface area contributed by atoms with Crippen LogP contribution in [0, 0.1) is 12.8 Å². The number of ether oxygens (including phenoxy) is 1. The van der Waals surface area contributed by atoms with E-state index in [0.717, 1.165) is 27.1 Å². The molecule has 0 unspecified atom stereocenters. The highest BCUT2D eigenvalue weighted by Gasteiger charge is 2.26. The topological polar surface area (TPSA) is 127 Å². The molecular weight excluding hydrogens is 460 g/mol. The molecule has 0 saturated carbocycles. The summed E-state index contributed by atoms with van der Waals surface area (Å²) in [6.07, 6.45) is 1.59. The van der Waals surface area contributed by atoms with Gasteiger partial charge in [0.15, 0.2) is 0 Å². The molecule has 2 N–H and O–H groups in total. The van der Waals surface area contributed by atoms with Crippen LogP contribution in [0.15, 0.2) is 65.6 Å². The maximum absolute atomic E-state index is 12.8. The van der Waals surface area contributed by atoms with E-state index in [1.54, 1.807) is 18.2 Å². The van der Waals surface area contributed by atoms with Gasteiger partial charge in [-0.05, 0) is 61.6 Å². The van der Waals surface area contributed by atoms with Crippen LogP contribution in [0.3, 0.4) is 0 Å². The predicted molar refractivity (Wildman–Crippen MR) is 135 cm³/mol. The lowest BCUT2D eigenvalue weighted by Gasteiger charge is -2.19. The second kappa shape index (κ2) is 11.1. The van der Waals surface area contributed by atoms with Crippen molar-refractivity contribution in [2.24, 2.45) is 5.92 Å². The molecule has 0 aliphatic rings. The number of carboxylic acids is 1. The molecule has 0 aliphatic carbocycles. The largest absolute Gasteiger partial charge is 0.497 e. The van der Waals surface area contributed by atoms with Crippen LogP contribution in [0.25, 0.3) is 22.0 Å². The van der Waals surface area contributed by atoms with Gasteiger partial charge in [-0.15, -0.1) is 5.10 Å². The summed E-state index contributed by atoms with van der Waals surface area (Å²) in [5, 5.41) is 28.7. The summed E-state index contributed by atoms with van der Waals surface area (Å²) in [5.74, 6) is -1.65. The van der Waals surface area contributed by atoms with E-state index in [-0.39, 0.29) is 24.9 Å². The number of nitrogens with zero attached hydrogens (tertiary/aromatic N) is 4. The van der Waals surface area contributed by atoms with Gasteiger partial charge in [-0.25, -0.2) is 4.68 Å². The molecule has 0 bridgehead atoms. The van der Waals surface area contributed by atoms with Gasteiger partial charge in [0.2, 0.25) is 0 Å². The summed E-state index contributed by atoms with van der Waals surface area (Å²) in [7, 11) is 1.50. The van der Waals surface area contributed by atoms with Crippen molar-refractivity contribution in [3.05, 3.63) is 82.4 Å². The molecule has 186 valence electrons. The first-order valence-electron chi connectivity index (χ1n) is 11.7. The summed E-state index contributed by atoms with van der Waals surface area (Å²) in [5.41, 5.74) is 4.04. The Morgan fingerprint density at radius 2 is 1.81 bits per heavy atom. The van der Waals surface area contributed by atoms with Crippen molar-refractivity contribution < 1.29 is 19.7 Å². The van der Waals surface area contributed by atoms with Crippen molar-refractivity contribution in [2.75, 3.05) is 7.11 Å². The highest BCUT2D eigenvalue weighted by atomic mass is 16.5. The molecule has 2 aromatic carbocycles. The molecular formula is C27H28N4O5. The lowest BCUT2D eigenvalue weighted by atomic mass is 9.93. The van der Waals surface area contributed by atoms with Crippen molar-refractivity contribution in [3.63, 3.8) is 0 Å². The van der Waals surface area contributed by atoms with Crippen LogP contribution in [-0.4, -0.2) is 49.4 Å². The minimum Gasteiger partial charge on any atom is -0.497 e. The van der Waals surface area contributed by atoms with Crippen molar-refractivity contribution in [3.8, 4) is 16.9 Å². The number of aliphatic hydroxyl groups excluding tert-OH is 1. The zero-order valence-corrected chi connectivity index (χ0v) is 20.2. The Balaban J connectivity index is 1.39. The monoisotopic (exact) mass is 488 g/mol. The summed E-state index contributed by atoms with van der Waals surface area (Å²) in [4.78, 5) is 29.0. The third kappa shape index (κ3) is 5.75. The van der Waals surface area contributed by atoms with E-state index in [1.165, 1.54) is 7.11 Å². The normalized spacial score (nSPS) is 12.9. The maximum Gasteiger partial charge on any atom is 0.309 e. The van der Waals surface area contributed by atoms with E-state index < -0.39 is 18.0 Å². The number of hydrogen-bond donors (Lipinski definition) is 2. The molecule has 4 aromatic rings. The molecule has 36 heavy (non-hydrogen) atoms. The van der Waals surface area contributed by atoms with Crippen molar-refractivity contribution >= 4 is 16.9 Å². The Morgan fingerprint density at radius 3 is 2.47 bits per heavy atom. The summed E-state index contributed by atoms with van der Waals surface area (Å²) in [6, 6.07) is 16.8. The first-order chi connectivity index (χ1) is 17.4. The third-order valence-corrected chi connectivity index (χ3v) is 6.29. The van der Waals surface area contributed by atoms with Gasteiger partial charge in [-0.2, -0.15) is 0 Å². The third-order valence-electron chi connectivity index (χ3n) is 6.29. The molecule has 4 rings (SSSR count). The molecule has 0 aliphatic heterocycles. The molecule has 2 heterocycles. The molecule has 0 fully saturated rings. The predicted octanol–water partition coefficient (Wildman–Crippen LogP) is 3.26. The number of fused-ring (bicyclic) bond motifs is 1. The number of carbonyl (C=O) groups is 1. The van der Waals surface area contributed by atoms with Gasteiger partial charge in [-0.1, -0.05) is 35.5 Å². The number of aliphatic carboxylic acids is 1. The number of benzene rings is 2. The fourth-order valence-electron chi connectivity index (χ4n) is 4.09. The quantitative estimate of drug-likeness (QED) is 0.348. The lowest BCUT2D eigenvalue weighted by molar-refractivity contribution is -0.146. The Hall–Kier alpha value is -4.11. The first-order valence-corrected chi connectivity index (χ1v) is 11.7. The van der Waals surface area contributed by atoms with Crippen LogP contribution >= 0.6 is 0 Å². The number of hydrogen-bond acceptors (Lipinski definition) is 7. The van der Waals surface area contributed by atoms with Gasteiger partial charge in [0.05, 0.1) is 24.5 Å². The summed E-state index contributed by atoms with van der Waals surface area (Å²) >= 11 is 0. The summed E-state index contributed by atoms with van der Waals surface area (Å²) in [6.45, 7) is 1.96. The van der Waals surface area contributed by atoms with Crippen LogP contribution in [0.1, 0.15) is 24.1 Å². The van der Waals surface area contributed by atoms with Gasteiger partial charge < -0.3 is 14.9 Å². The fraction of sp³-hybridized carbons (Fsp3) is 0.296. The van der Waals surface area contributed by atoms with Gasteiger partial charge in [-0.3, -0.25) is 14.6 Å². The fourth-order valence-corrected chi connectivity index (χ4v) is 4.09. The molecule has 9 nitrogen and oxygen atoms in total. The number of aryl methyl sites for hydroxylation is 3. The van der Waals surface area contributed by atoms with E-state index in [4.69, 9.17) is 4.74 Å². The molecule has 2 atom stereocenters. The number of pyridine rings is 1. The smallest absolute Gasteiger partial charge is 0.309 e. The maximum atomic E-state index is 12.8. The van der Waals surface area contributed by atoms with Crippen molar-refractivity contribution in [2.45, 2.75) is 38.8 Å². The highest BCUT2D eigenvalue weighted by molar-refractivity contribution is 5.78. The van der Waals surface area contributed by atoms with Gasteiger partial charge in [0, 0.05) is 24.0 Å². The van der Waals surface area contributed by atoms with E-state index in [2.05, 4.69) is 15.3 Å². The van der Waals surface area contributed by atoms with E-state index in [0.29, 0.717) is 23.1 Å². The van der Waals surface area contributed by atoms with Crippen LogP contribution in [0.4, 0.5) is 0 Å². The molecule has 2 aromatic heterocycles. The van der Waals surface area contributed by atoms with Crippen molar-refractivity contribution in [1.29, 1.82) is 0 Å². The zero-order valence-electron chi connectivity index (χ0n) is 20.2. The van der Waals surface area contributed by atoms with E-state index in [9.17, 15) is 19.8 Å². The van der Waals surface area contributed by atoms with Crippen molar-refractivity contribution in [1.82, 2.24) is 20.0 Å². The summed E-state index contributed by atoms with van der Waals surface area (Å²) < 4.78 is 6.29. The van der Waals surface area contributed by atoms with Gasteiger partial charge >= 0.3 is 5.97 Å². The molecule has 9 heteroatoms. The second-order valence-corrected chi connectivity index (χ2v) is 8.73. The van der Waals surface area contributed by atoms with Gasteiger partial charge in [0.25, 0.3) is 5.56 Å². The van der Waals surface area contributed by atoms with E-state index in [1.807, 2.05) is 49.5 Å². The first kappa shape index (κ1) is 25.0. The Bertz CT molecular complexity index is 1400. The minimum absolute atomic E-state index is 0.0201. The number of methoxy groups -OCH3 is 1. The number of aliphatic hydroxyl groups is 1. The minimum atomic E-state index is -1.12. The Morgan fingerprint density at radius 1 is 1.06 bits per heavy atom. The average molecular weight is 489 g/mol. The number of aromatic nitrogens is 4. The lowest BCUT2D eigenvalue weighted by Crippen LogP contribution is -2.32. The standard InChI is InChI=1S/C27H28N4O5/c1-17-3-7-20(16-28-17)19-8-4-18(5-9-19)6-12-25(32)22(27(34)35)13-14-31-26(33)23-15-21(36-2)10-11-24(23)29-30-31/h3-5,7-11,15-16,22,25,32H,6,12-14H2,1-2H3,(H,34,35)/t22-,25+/m0/s1. The van der Waals surface area contributed by atoms with Gasteiger partial charge in [0.1, 0.15) is 11.3 Å². The SMILES string of the molecule is COc1ccc2nnn(CC[C@H](C(=O)O)[C@H](O)CCc3ccc(-c4ccc(C)nc4)cc3)c(=O)c2c1. The Kier molecular flexibility index (Phi) is 7.70. The molecule has 0 spiro atoms. The van der Waals surface area contributed by atoms with Crippen LogP contribution in [0.5, 0.6) is 5.75 Å². The Labute approximate surface area is 208 Å². The average Bonchev–Trinajstić information content (AvgIpc) is 2.89. The highest BCUT2D eigenvalue weighted by Crippen LogP contribution is 2.21. The number of carboxylic acid groups (broad SMARTS) is 1. The van der Waals surface area contributed by atoms with E-state index >= 15 is 0 Å². The number of rotatable bonds is 10. The zero-order chi connectivity index (χ0) is 25.7. The molecule has 0 amide bonds. The van der Waals surface area contributed by atoms with Crippen LogP contribution < -0.4 is 10.3 Å².